The number of amides is 1. The van der Waals surface area contributed by atoms with Gasteiger partial charge in [0, 0.05) is 51.0 Å². The minimum absolute atomic E-state index is 0.0767. The fourth-order valence-corrected chi connectivity index (χ4v) is 5.47. The fraction of sp³-hybridized carbons (Fsp3) is 0.567. The number of nitrogens with zero attached hydrogens (tertiary/aromatic N) is 3. The van der Waals surface area contributed by atoms with Gasteiger partial charge >= 0.3 is 0 Å². The summed E-state index contributed by atoms with van der Waals surface area (Å²) in [5, 5.41) is 11.1. The molecule has 0 radical (unpaired) electrons. The normalized spacial score (nSPS) is 18.3. The van der Waals surface area contributed by atoms with Gasteiger partial charge in [-0.1, -0.05) is 26.7 Å². The van der Waals surface area contributed by atoms with E-state index in [9.17, 15) is 14.3 Å². The van der Waals surface area contributed by atoms with Crippen LogP contribution in [0.15, 0.2) is 42.5 Å². The lowest BCUT2D eigenvalue weighted by atomic mass is 9.81. The van der Waals surface area contributed by atoms with E-state index < -0.39 is 5.60 Å². The Hall–Kier alpha value is -2.64. The molecule has 4 rings (SSSR count). The number of halogens is 1. The number of ether oxygens (including phenoxy) is 1. The Morgan fingerprint density at radius 1 is 0.973 bits per heavy atom. The monoisotopic (exact) mass is 511 g/mol. The van der Waals surface area contributed by atoms with Crippen LogP contribution in [0.4, 0.5) is 10.1 Å². The molecule has 0 aliphatic carbocycles. The molecule has 202 valence electrons. The Kier molecular flexibility index (Phi) is 9.08. The third-order valence-electron chi connectivity index (χ3n) is 8.09. The fourth-order valence-electron chi connectivity index (χ4n) is 5.47. The quantitative estimate of drug-likeness (QED) is 0.508. The minimum atomic E-state index is -0.662. The highest BCUT2D eigenvalue weighted by atomic mass is 19.1. The maximum atomic E-state index is 13.4. The smallest absolute Gasteiger partial charge is 0.226 e. The molecule has 2 fully saturated rings. The van der Waals surface area contributed by atoms with Gasteiger partial charge < -0.3 is 24.5 Å². The first-order chi connectivity index (χ1) is 17.8. The lowest BCUT2D eigenvalue weighted by Gasteiger charge is -2.40. The molecule has 0 aromatic heterocycles. The maximum absolute atomic E-state index is 13.4. The zero-order valence-corrected chi connectivity index (χ0v) is 22.6. The third-order valence-corrected chi connectivity index (χ3v) is 8.09. The molecule has 2 aliphatic rings. The van der Waals surface area contributed by atoms with E-state index >= 15 is 0 Å². The molecule has 2 saturated heterocycles. The van der Waals surface area contributed by atoms with Crippen molar-refractivity contribution in [1.82, 2.24) is 9.80 Å². The number of likely N-dealkylation sites (N-methyl/N-ethyl adjacent to an activating group) is 1. The van der Waals surface area contributed by atoms with E-state index in [1.807, 2.05) is 17.0 Å². The van der Waals surface area contributed by atoms with E-state index in [0.717, 1.165) is 56.7 Å². The van der Waals surface area contributed by atoms with Crippen molar-refractivity contribution in [3.05, 3.63) is 53.8 Å². The van der Waals surface area contributed by atoms with Gasteiger partial charge in [0.15, 0.2) is 0 Å². The van der Waals surface area contributed by atoms with Gasteiger partial charge in [-0.05, 0) is 74.2 Å². The Morgan fingerprint density at radius 2 is 1.62 bits per heavy atom. The van der Waals surface area contributed by atoms with Crippen LogP contribution in [-0.4, -0.2) is 72.7 Å². The first kappa shape index (κ1) is 27.4. The van der Waals surface area contributed by atoms with Gasteiger partial charge in [-0.2, -0.15) is 0 Å². The van der Waals surface area contributed by atoms with Crippen LogP contribution in [0.25, 0.3) is 0 Å². The number of likely N-dealkylation sites (tertiary alicyclic amines) is 1. The Balaban J connectivity index is 1.46. The summed E-state index contributed by atoms with van der Waals surface area (Å²) in [6.45, 7) is 9.31. The van der Waals surface area contributed by atoms with Crippen molar-refractivity contribution in [2.24, 2.45) is 5.92 Å². The van der Waals surface area contributed by atoms with Crippen molar-refractivity contribution in [1.29, 1.82) is 0 Å². The van der Waals surface area contributed by atoms with Gasteiger partial charge in [0.25, 0.3) is 0 Å². The van der Waals surface area contributed by atoms with Crippen molar-refractivity contribution in [2.75, 3.05) is 51.2 Å². The summed E-state index contributed by atoms with van der Waals surface area (Å²) in [6, 6.07) is 12.0. The van der Waals surface area contributed by atoms with Crippen LogP contribution in [0.1, 0.15) is 51.5 Å². The molecule has 37 heavy (non-hydrogen) atoms. The minimum Gasteiger partial charge on any atom is -0.457 e. The number of hydrogen-bond acceptors (Lipinski definition) is 5. The van der Waals surface area contributed by atoms with Crippen LogP contribution in [0.2, 0.25) is 0 Å². The van der Waals surface area contributed by atoms with Crippen molar-refractivity contribution < 1.29 is 19.0 Å². The lowest BCUT2D eigenvalue weighted by Crippen LogP contribution is -2.47. The molecule has 2 aromatic rings. The van der Waals surface area contributed by atoms with Crippen molar-refractivity contribution in [2.45, 2.75) is 58.0 Å². The molecule has 0 spiro atoms. The highest BCUT2D eigenvalue weighted by Gasteiger charge is 2.35. The Bertz CT molecular complexity index is 1020. The van der Waals surface area contributed by atoms with Crippen molar-refractivity contribution in [3.63, 3.8) is 0 Å². The van der Waals surface area contributed by atoms with E-state index in [1.165, 1.54) is 12.1 Å². The van der Waals surface area contributed by atoms with Gasteiger partial charge in [0.05, 0.1) is 12.0 Å². The largest absolute Gasteiger partial charge is 0.457 e. The van der Waals surface area contributed by atoms with E-state index in [1.54, 1.807) is 12.1 Å². The summed E-state index contributed by atoms with van der Waals surface area (Å²) in [6.07, 6.45) is 4.53. The van der Waals surface area contributed by atoms with Gasteiger partial charge in [-0.15, -0.1) is 0 Å². The molecule has 0 saturated carbocycles. The Morgan fingerprint density at radius 3 is 2.24 bits per heavy atom. The summed E-state index contributed by atoms with van der Waals surface area (Å²) in [5.74, 6) is 1.50. The van der Waals surface area contributed by atoms with Crippen LogP contribution >= 0.6 is 0 Å². The molecule has 0 atom stereocenters. The summed E-state index contributed by atoms with van der Waals surface area (Å²) < 4.78 is 19.4. The molecule has 2 heterocycles. The van der Waals surface area contributed by atoms with Crippen LogP contribution in [-0.2, 0) is 11.2 Å². The Labute approximate surface area is 221 Å². The number of carbonyl (C=O) groups excluding carboxylic acids is 1. The van der Waals surface area contributed by atoms with Crippen molar-refractivity contribution >= 4 is 11.6 Å². The first-order valence-corrected chi connectivity index (χ1v) is 13.8. The van der Waals surface area contributed by atoms with Crippen LogP contribution in [0.3, 0.4) is 0 Å². The second-order valence-corrected chi connectivity index (χ2v) is 10.9. The standard InChI is InChI=1S/C30H42FN3O3/c1-4-23(5-2)22-30(36)10-12-34(13-11-30)29(35)20-24-18-26(33-16-14-32(3)15-17-33)21-28(19-24)37-27-8-6-25(31)7-9-27/h6-9,18-19,21,23,36H,4-5,10-17,20,22H2,1-3H3. The average molecular weight is 512 g/mol. The number of piperazine rings is 1. The molecule has 2 aromatic carbocycles. The SMILES string of the molecule is CCC(CC)CC1(O)CCN(C(=O)Cc2cc(Oc3ccc(F)cc3)cc(N3CCN(C)CC3)c2)CC1. The molecule has 7 heteroatoms. The zero-order valence-electron chi connectivity index (χ0n) is 22.6. The number of hydrogen-bond donors (Lipinski definition) is 1. The topological polar surface area (TPSA) is 56.2 Å². The van der Waals surface area contributed by atoms with Gasteiger partial charge in [0.2, 0.25) is 5.91 Å². The molecular formula is C30H42FN3O3. The number of anilines is 1. The van der Waals surface area contributed by atoms with Gasteiger partial charge in [0.1, 0.15) is 17.3 Å². The molecule has 6 nitrogen and oxygen atoms in total. The summed E-state index contributed by atoms with van der Waals surface area (Å²) >= 11 is 0. The number of rotatable bonds is 9. The summed E-state index contributed by atoms with van der Waals surface area (Å²) in [5.41, 5.74) is 1.27. The van der Waals surface area contributed by atoms with E-state index in [4.69, 9.17) is 4.74 Å². The molecule has 2 aliphatic heterocycles. The molecule has 1 amide bonds. The molecule has 0 bridgehead atoms. The number of piperidine rings is 1. The maximum Gasteiger partial charge on any atom is 0.226 e. The predicted octanol–water partition coefficient (Wildman–Crippen LogP) is 5.09. The zero-order chi connectivity index (χ0) is 26.4. The average Bonchev–Trinajstić information content (AvgIpc) is 2.89. The van der Waals surface area contributed by atoms with E-state index in [0.29, 0.717) is 43.3 Å². The summed E-state index contributed by atoms with van der Waals surface area (Å²) in [7, 11) is 2.12. The molecule has 1 N–H and O–H groups in total. The van der Waals surface area contributed by atoms with Crippen LogP contribution < -0.4 is 9.64 Å². The third kappa shape index (κ3) is 7.45. The lowest BCUT2D eigenvalue weighted by molar-refractivity contribution is -0.135. The summed E-state index contributed by atoms with van der Waals surface area (Å²) in [4.78, 5) is 19.8. The molecule has 0 unspecified atom stereocenters. The highest BCUT2D eigenvalue weighted by Crippen LogP contribution is 2.33. The van der Waals surface area contributed by atoms with Gasteiger partial charge in [-0.25, -0.2) is 4.39 Å². The second-order valence-electron chi connectivity index (χ2n) is 10.9. The highest BCUT2D eigenvalue weighted by molar-refractivity contribution is 5.79. The molecular weight excluding hydrogens is 469 g/mol. The van der Waals surface area contributed by atoms with E-state index in [2.05, 4.69) is 36.8 Å². The van der Waals surface area contributed by atoms with Crippen LogP contribution in [0.5, 0.6) is 11.5 Å². The van der Waals surface area contributed by atoms with E-state index in [-0.39, 0.29) is 18.1 Å². The van der Waals surface area contributed by atoms with Crippen LogP contribution in [0, 0.1) is 11.7 Å². The van der Waals surface area contributed by atoms with Crippen molar-refractivity contribution in [3.8, 4) is 11.5 Å². The number of benzene rings is 2. The second kappa shape index (κ2) is 12.3. The number of carbonyl (C=O) groups is 1. The number of aliphatic hydroxyl groups is 1. The first-order valence-electron chi connectivity index (χ1n) is 13.8. The van der Waals surface area contributed by atoms with Gasteiger partial charge in [-0.3, -0.25) is 4.79 Å². The predicted molar refractivity (Wildman–Crippen MR) is 146 cm³/mol.